The van der Waals surface area contributed by atoms with Gasteiger partial charge in [-0.2, -0.15) is 0 Å². The second-order valence-electron chi connectivity index (χ2n) is 6.84. The van der Waals surface area contributed by atoms with Crippen LogP contribution in [0, 0.1) is 0 Å². The zero-order valence-electron chi connectivity index (χ0n) is 15.6. The molecule has 0 aliphatic carbocycles. The zero-order valence-corrected chi connectivity index (χ0v) is 15.6. The van der Waals surface area contributed by atoms with Crippen molar-refractivity contribution in [3.8, 4) is 0 Å². The van der Waals surface area contributed by atoms with Crippen molar-refractivity contribution in [1.82, 2.24) is 9.97 Å². The summed E-state index contributed by atoms with van der Waals surface area (Å²) in [5.74, 6) is -0.213. The van der Waals surface area contributed by atoms with E-state index in [1.807, 2.05) is 30.3 Å². The Morgan fingerprint density at radius 3 is 2.32 bits per heavy atom. The summed E-state index contributed by atoms with van der Waals surface area (Å²) in [7, 11) is 0. The van der Waals surface area contributed by atoms with Gasteiger partial charge in [-0.1, -0.05) is 0 Å². The molecule has 2 aromatic heterocycles. The third-order valence-electron chi connectivity index (χ3n) is 4.84. The van der Waals surface area contributed by atoms with E-state index in [4.69, 9.17) is 0 Å². The maximum atomic E-state index is 12.4. The van der Waals surface area contributed by atoms with Crippen molar-refractivity contribution in [2.45, 2.75) is 19.4 Å². The van der Waals surface area contributed by atoms with Crippen LogP contribution < -0.4 is 15.5 Å². The molecule has 1 aliphatic heterocycles. The molecular formula is C22H23N5O. The van der Waals surface area contributed by atoms with Gasteiger partial charge in [0, 0.05) is 43.4 Å². The summed E-state index contributed by atoms with van der Waals surface area (Å²) in [4.78, 5) is 23.1. The third-order valence-corrected chi connectivity index (χ3v) is 4.84. The molecule has 142 valence electrons. The topological polar surface area (TPSA) is 70.2 Å². The molecule has 6 heteroatoms. The molecule has 28 heavy (non-hydrogen) atoms. The molecule has 1 amide bonds. The van der Waals surface area contributed by atoms with Crippen molar-refractivity contribution in [2.24, 2.45) is 0 Å². The van der Waals surface area contributed by atoms with Crippen LogP contribution in [0.5, 0.6) is 0 Å². The Hall–Kier alpha value is -3.41. The first kappa shape index (κ1) is 18.0. The fourth-order valence-corrected chi connectivity index (χ4v) is 3.26. The van der Waals surface area contributed by atoms with E-state index in [0.29, 0.717) is 12.2 Å². The highest BCUT2D eigenvalue weighted by Gasteiger charge is 2.12. The highest BCUT2D eigenvalue weighted by Crippen LogP contribution is 2.22. The van der Waals surface area contributed by atoms with Crippen LogP contribution >= 0.6 is 0 Å². The number of nitrogens with one attached hydrogen (secondary N) is 2. The number of pyridine rings is 2. The Bertz CT molecular complexity index is 904. The zero-order chi connectivity index (χ0) is 19.2. The maximum absolute atomic E-state index is 12.4. The Balaban J connectivity index is 1.33. The number of nitrogens with zero attached hydrogens (tertiary/aromatic N) is 3. The molecule has 0 radical (unpaired) electrons. The van der Waals surface area contributed by atoms with E-state index < -0.39 is 0 Å². The lowest BCUT2D eigenvalue weighted by Crippen LogP contribution is -2.17. The lowest BCUT2D eigenvalue weighted by atomic mass is 10.2. The molecule has 0 spiro atoms. The highest BCUT2D eigenvalue weighted by molar-refractivity contribution is 6.03. The summed E-state index contributed by atoms with van der Waals surface area (Å²) in [6, 6.07) is 15.5. The normalized spacial score (nSPS) is 13.4. The Morgan fingerprint density at radius 1 is 0.929 bits per heavy atom. The van der Waals surface area contributed by atoms with Gasteiger partial charge >= 0.3 is 0 Å². The quantitative estimate of drug-likeness (QED) is 0.685. The van der Waals surface area contributed by atoms with Crippen LogP contribution in [-0.2, 0) is 6.54 Å². The molecule has 1 saturated heterocycles. The summed E-state index contributed by atoms with van der Waals surface area (Å²) in [6.45, 7) is 2.90. The molecule has 1 aromatic carbocycles. The molecule has 0 unspecified atom stereocenters. The van der Waals surface area contributed by atoms with E-state index in [9.17, 15) is 4.79 Å². The number of amides is 1. The fourth-order valence-electron chi connectivity index (χ4n) is 3.26. The summed E-state index contributed by atoms with van der Waals surface area (Å²) >= 11 is 0. The molecule has 3 heterocycles. The first-order valence-electron chi connectivity index (χ1n) is 9.53. The number of benzene rings is 1. The fraction of sp³-hybridized carbons (Fsp3) is 0.227. The van der Waals surface area contributed by atoms with Crippen molar-refractivity contribution >= 4 is 23.0 Å². The smallest absolute Gasteiger partial charge is 0.274 e. The second-order valence-corrected chi connectivity index (χ2v) is 6.84. The van der Waals surface area contributed by atoms with E-state index in [1.165, 1.54) is 18.5 Å². The van der Waals surface area contributed by atoms with Gasteiger partial charge in [-0.3, -0.25) is 9.78 Å². The molecule has 0 saturated carbocycles. The number of aromatic nitrogens is 2. The first-order chi connectivity index (χ1) is 13.8. The van der Waals surface area contributed by atoms with E-state index in [-0.39, 0.29) is 5.91 Å². The average Bonchev–Trinajstić information content (AvgIpc) is 3.29. The van der Waals surface area contributed by atoms with E-state index >= 15 is 0 Å². The van der Waals surface area contributed by atoms with Crippen LogP contribution in [0.2, 0.25) is 0 Å². The van der Waals surface area contributed by atoms with Gasteiger partial charge in [-0.25, -0.2) is 4.98 Å². The van der Waals surface area contributed by atoms with Crippen LogP contribution in [0.15, 0.2) is 67.1 Å². The van der Waals surface area contributed by atoms with E-state index in [2.05, 4.69) is 37.6 Å². The molecule has 4 rings (SSSR count). The number of carbonyl (C=O) groups excluding carboxylic acids is 1. The molecule has 2 N–H and O–H groups in total. The van der Waals surface area contributed by atoms with Crippen molar-refractivity contribution in [2.75, 3.05) is 28.6 Å². The Morgan fingerprint density at radius 2 is 1.64 bits per heavy atom. The van der Waals surface area contributed by atoms with E-state index in [0.717, 1.165) is 30.0 Å². The average molecular weight is 373 g/mol. The second kappa shape index (κ2) is 8.52. The molecule has 1 fully saturated rings. The van der Waals surface area contributed by atoms with Crippen molar-refractivity contribution in [3.63, 3.8) is 0 Å². The predicted octanol–water partition coefficient (Wildman–Crippen LogP) is 3.94. The van der Waals surface area contributed by atoms with Gasteiger partial charge in [-0.05, 0) is 66.9 Å². The SMILES string of the molecule is O=C(Nc1ccc(N2CCCC2)cc1)c1ccc(NCc2ccncc2)cn1. The molecule has 0 bridgehead atoms. The minimum Gasteiger partial charge on any atom is -0.380 e. The van der Waals surface area contributed by atoms with Crippen molar-refractivity contribution < 1.29 is 4.79 Å². The number of rotatable bonds is 6. The Labute approximate surface area is 164 Å². The van der Waals surface area contributed by atoms with Gasteiger partial charge in [0.2, 0.25) is 0 Å². The lowest BCUT2D eigenvalue weighted by Gasteiger charge is -2.17. The van der Waals surface area contributed by atoms with Gasteiger partial charge < -0.3 is 15.5 Å². The third kappa shape index (κ3) is 4.46. The maximum Gasteiger partial charge on any atom is 0.274 e. The monoisotopic (exact) mass is 373 g/mol. The number of hydrogen-bond donors (Lipinski definition) is 2. The predicted molar refractivity (Wildman–Crippen MR) is 112 cm³/mol. The van der Waals surface area contributed by atoms with Gasteiger partial charge in [0.05, 0.1) is 11.9 Å². The molecular weight excluding hydrogens is 350 g/mol. The van der Waals surface area contributed by atoms with Crippen LogP contribution in [-0.4, -0.2) is 29.0 Å². The van der Waals surface area contributed by atoms with Gasteiger partial charge in [-0.15, -0.1) is 0 Å². The minimum atomic E-state index is -0.213. The van der Waals surface area contributed by atoms with Crippen LogP contribution in [0.1, 0.15) is 28.9 Å². The molecule has 3 aromatic rings. The molecule has 1 aliphatic rings. The van der Waals surface area contributed by atoms with Gasteiger partial charge in [0.25, 0.3) is 5.91 Å². The standard InChI is InChI=1S/C22H23N5O/c28-22(26-18-3-6-20(7-4-18)27-13-1-2-14-27)21-8-5-19(16-25-21)24-15-17-9-11-23-12-10-17/h3-12,16,24H,1-2,13-15H2,(H,26,28). The first-order valence-corrected chi connectivity index (χ1v) is 9.53. The Kier molecular flexibility index (Phi) is 5.47. The summed E-state index contributed by atoms with van der Waals surface area (Å²) in [5, 5.41) is 6.19. The lowest BCUT2D eigenvalue weighted by molar-refractivity contribution is 0.102. The highest BCUT2D eigenvalue weighted by atomic mass is 16.1. The number of anilines is 3. The van der Waals surface area contributed by atoms with Crippen molar-refractivity contribution in [3.05, 3.63) is 78.4 Å². The minimum absolute atomic E-state index is 0.213. The number of hydrogen-bond acceptors (Lipinski definition) is 5. The van der Waals surface area contributed by atoms with E-state index in [1.54, 1.807) is 24.7 Å². The van der Waals surface area contributed by atoms with Crippen LogP contribution in [0.25, 0.3) is 0 Å². The van der Waals surface area contributed by atoms with Gasteiger partial charge in [0.15, 0.2) is 0 Å². The summed E-state index contributed by atoms with van der Waals surface area (Å²) < 4.78 is 0. The molecule has 0 atom stereocenters. The largest absolute Gasteiger partial charge is 0.380 e. The van der Waals surface area contributed by atoms with Crippen molar-refractivity contribution in [1.29, 1.82) is 0 Å². The molecule has 6 nitrogen and oxygen atoms in total. The summed E-state index contributed by atoms with van der Waals surface area (Å²) in [6.07, 6.45) is 7.70. The van der Waals surface area contributed by atoms with Crippen LogP contribution in [0.4, 0.5) is 17.1 Å². The number of carbonyl (C=O) groups is 1. The summed E-state index contributed by atoms with van der Waals surface area (Å²) in [5.41, 5.74) is 4.36. The van der Waals surface area contributed by atoms with Gasteiger partial charge in [0.1, 0.15) is 5.69 Å². The van der Waals surface area contributed by atoms with Crippen LogP contribution in [0.3, 0.4) is 0 Å².